The summed E-state index contributed by atoms with van der Waals surface area (Å²) in [5, 5.41) is 5.47. The fraction of sp³-hybridized carbons (Fsp3) is 0.560. The van der Waals surface area contributed by atoms with Crippen molar-refractivity contribution >= 4 is 29.5 Å². The number of nitrogens with zero attached hydrogens (tertiary/aromatic N) is 2. The number of carbonyl (C=O) groups is 5. The van der Waals surface area contributed by atoms with Gasteiger partial charge in [0.1, 0.15) is 11.8 Å². The molecule has 1 aliphatic carbocycles. The Bertz CT molecular complexity index is 1090. The maximum absolute atomic E-state index is 12.9. The number of fused-ring (bicyclic) bond motifs is 1. The Morgan fingerprint density at radius 2 is 1.86 bits per heavy atom. The van der Waals surface area contributed by atoms with Crippen LogP contribution in [0.3, 0.4) is 0 Å². The van der Waals surface area contributed by atoms with Gasteiger partial charge in [-0.05, 0) is 57.4 Å². The van der Waals surface area contributed by atoms with Gasteiger partial charge in [-0.2, -0.15) is 0 Å². The van der Waals surface area contributed by atoms with Crippen LogP contribution in [0.2, 0.25) is 0 Å². The van der Waals surface area contributed by atoms with Crippen molar-refractivity contribution in [2.45, 2.75) is 57.0 Å². The van der Waals surface area contributed by atoms with Crippen molar-refractivity contribution in [3.8, 4) is 5.75 Å². The predicted molar refractivity (Wildman–Crippen MR) is 124 cm³/mol. The first-order chi connectivity index (χ1) is 16.8. The van der Waals surface area contributed by atoms with Crippen molar-refractivity contribution in [3.63, 3.8) is 0 Å². The molecule has 3 heterocycles. The van der Waals surface area contributed by atoms with Gasteiger partial charge in [0.25, 0.3) is 11.8 Å². The number of piperidine rings is 1. The lowest BCUT2D eigenvalue weighted by atomic mass is 9.60. The van der Waals surface area contributed by atoms with Gasteiger partial charge in [0, 0.05) is 37.4 Å². The molecule has 186 valence electrons. The number of hydrogen-bond donors (Lipinski definition) is 2. The van der Waals surface area contributed by atoms with E-state index in [4.69, 9.17) is 4.74 Å². The maximum atomic E-state index is 12.9. The Labute approximate surface area is 203 Å². The number of imide groups is 2. The van der Waals surface area contributed by atoms with Crippen molar-refractivity contribution in [1.82, 2.24) is 20.4 Å². The standard InChI is InChI=1S/C25H30N4O6/c1-26-15-11-25(12-15)13-28(14-25)21(31)4-2-3-9-35-16-5-6-17-18(10-16)24(34)29(23(17)33)19-7-8-20(30)27-22(19)32/h5-6,10,15,19,26H,2-4,7-9,11-14H2,1H3,(H,27,30,32). The molecule has 1 spiro atoms. The van der Waals surface area contributed by atoms with E-state index in [1.54, 1.807) is 6.07 Å². The molecule has 0 radical (unpaired) electrons. The molecular weight excluding hydrogens is 452 g/mol. The number of likely N-dealkylation sites (tertiary alicyclic amines) is 1. The van der Waals surface area contributed by atoms with Crippen LogP contribution in [0.25, 0.3) is 0 Å². The fourth-order valence-corrected chi connectivity index (χ4v) is 5.65. The molecular formula is C25H30N4O6. The van der Waals surface area contributed by atoms with Gasteiger partial charge in [0.15, 0.2) is 0 Å². The van der Waals surface area contributed by atoms with Crippen molar-refractivity contribution in [1.29, 1.82) is 0 Å². The second-order valence-electron chi connectivity index (χ2n) is 10.1. The predicted octanol–water partition coefficient (Wildman–Crippen LogP) is 0.847. The Morgan fingerprint density at radius 1 is 1.11 bits per heavy atom. The average Bonchev–Trinajstić information content (AvgIpc) is 3.02. The molecule has 2 N–H and O–H groups in total. The van der Waals surface area contributed by atoms with Gasteiger partial charge < -0.3 is 15.0 Å². The zero-order chi connectivity index (χ0) is 24.7. The van der Waals surface area contributed by atoms with Crippen LogP contribution in [0, 0.1) is 5.41 Å². The van der Waals surface area contributed by atoms with E-state index in [0.29, 0.717) is 43.1 Å². The number of unbranched alkanes of at least 4 members (excludes halogenated alkanes) is 1. The van der Waals surface area contributed by atoms with Gasteiger partial charge >= 0.3 is 0 Å². The Morgan fingerprint density at radius 3 is 2.57 bits per heavy atom. The monoisotopic (exact) mass is 482 g/mol. The third-order valence-electron chi connectivity index (χ3n) is 7.64. The highest BCUT2D eigenvalue weighted by Gasteiger charge is 2.52. The van der Waals surface area contributed by atoms with Crippen molar-refractivity contribution in [2.24, 2.45) is 5.41 Å². The summed E-state index contributed by atoms with van der Waals surface area (Å²) in [6.45, 7) is 2.13. The molecule has 5 amide bonds. The summed E-state index contributed by atoms with van der Waals surface area (Å²) in [6, 6.07) is 4.27. The highest BCUT2D eigenvalue weighted by atomic mass is 16.5. The second-order valence-corrected chi connectivity index (χ2v) is 10.1. The molecule has 3 fully saturated rings. The SMILES string of the molecule is CNC1CC2(C1)CN(C(=O)CCCCOc1ccc3c(c1)C(=O)N(C1CCC(=O)NC1=O)C3=O)C2. The molecule has 3 aliphatic heterocycles. The topological polar surface area (TPSA) is 125 Å². The van der Waals surface area contributed by atoms with E-state index in [2.05, 4.69) is 10.6 Å². The van der Waals surface area contributed by atoms with Crippen molar-refractivity contribution < 1.29 is 28.7 Å². The molecule has 1 aromatic rings. The van der Waals surface area contributed by atoms with Crippen LogP contribution in [0.1, 0.15) is 65.7 Å². The summed E-state index contributed by atoms with van der Waals surface area (Å²) < 4.78 is 5.76. The van der Waals surface area contributed by atoms with E-state index in [1.165, 1.54) is 12.1 Å². The van der Waals surface area contributed by atoms with Crippen LogP contribution < -0.4 is 15.4 Å². The van der Waals surface area contributed by atoms with E-state index >= 15 is 0 Å². The average molecular weight is 483 g/mol. The minimum absolute atomic E-state index is 0.0795. The number of carbonyl (C=O) groups excluding carboxylic acids is 5. The van der Waals surface area contributed by atoms with Gasteiger partial charge in [-0.1, -0.05) is 0 Å². The Kier molecular flexibility index (Phi) is 6.08. The normalized spacial score (nSPS) is 23.2. The van der Waals surface area contributed by atoms with Crippen LogP contribution in [-0.2, 0) is 14.4 Å². The summed E-state index contributed by atoms with van der Waals surface area (Å²) in [7, 11) is 1.98. The second kappa shape index (κ2) is 9.07. The molecule has 10 heteroatoms. The van der Waals surface area contributed by atoms with Crippen molar-refractivity contribution in [2.75, 3.05) is 26.7 Å². The summed E-state index contributed by atoms with van der Waals surface area (Å²) in [5.41, 5.74) is 0.764. The van der Waals surface area contributed by atoms with E-state index in [1.807, 2.05) is 11.9 Å². The zero-order valence-corrected chi connectivity index (χ0v) is 19.8. The smallest absolute Gasteiger partial charge is 0.262 e. The highest BCUT2D eigenvalue weighted by molar-refractivity contribution is 6.23. The minimum Gasteiger partial charge on any atom is -0.494 e. The van der Waals surface area contributed by atoms with E-state index in [-0.39, 0.29) is 29.9 Å². The van der Waals surface area contributed by atoms with E-state index in [0.717, 1.165) is 30.8 Å². The lowest BCUT2D eigenvalue weighted by Gasteiger charge is -2.59. The maximum Gasteiger partial charge on any atom is 0.262 e. The van der Waals surface area contributed by atoms with E-state index < -0.39 is 29.7 Å². The fourth-order valence-electron chi connectivity index (χ4n) is 5.65. The van der Waals surface area contributed by atoms with Gasteiger partial charge in [-0.15, -0.1) is 0 Å². The molecule has 10 nitrogen and oxygen atoms in total. The minimum atomic E-state index is -0.989. The summed E-state index contributed by atoms with van der Waals surface area (Å²) in [6.07, 6.45) is 4.41. The molecule has 4 aliphatic rings. The first-order valence-corrected chi connectivity index (χ1v) is 12.2. The Hall–Kier alpha value is -3.27. The molecule has 1 saturated carbocycles. The molecule has 1 atom stereocenters. The highest BCUT2D eigenvalue weighted by Crippen LogP contribution is 2.48. The lowest BCUT2D eigenvalue weighted by Crippen LogP contribution is -2.66. The van der Waals surface area contributed by atoms with Gasteiger partial charge in [-0.25, -0.2) is 0 Å². The summed E-state index contributed by atoms with van der Waals surface area (Å²) in [4.78, 5) is 64.5. The zero-order valence-electron chi connectivity index (χ0n) is 19.8. The number of benzene rings is 1. The van der Waals surface area contributed by atoms with E-state index in [9.17, 15) is 24.0 Å². The first kappa shape index (κ1) is 23.5. The molecule has 5 rings (SSSR count). The number of nitrogens with one attached hydrogen (secondary N) is 2. The van der Waals surface area contributed by atoms with Crippen LogP contribution in [0.15, 0.2) is 18.2 Å². The number of rotatable bonds is 8. The molecule has 0 aromatic heterocycles. The van der Waals surface area contributed by atoms with Crippen LogP contribution in [0.4, 0.5) is 0 Å². The molecule has 1 unspecified atom stereocenters. The van der Waals surface area contributed by atoms with Crippen LogP contribution >= 0.6 is 0 Å². The number of hydrogen-bond acceptors (Lipinski definition) is 7. The molecule has 2 saturated heterocycles. The van der Waals surface area contributed by atoms with Crippen LogP contribution in [-0.4, -0.2) is 78.2 Å². The van der Waals surface area contributed by atoms with Crippen LogP contribution in [0.5, 0.6) is 5.75 Å². The van der Waals surface area contributed by atoms with Gasteiger partial charge in [0.05, 0.1) is 17.7 Å². The quantitative estimate of drug-likeness (QED) is 0.416. The summed E-state index contributed by atoms with van der Waals surface area (Å²) in [5.74, 6) is -1.50. The van der Waals surface area contributed by atoms with Crippen molar-refractivity contribution in [3.05, 3.63) is 29.3 Å². The third-order valence-corrected chi connectivity index (χ3v) is 7.64. The summed E-state index contributed by atoms with van der Waals surface area (Å²) >= 11 is 0. The molecule has 1 aromatic carbocycles. The first-order valence-electron chi connectivity index (χ1n) is 12.2. The molecule has 35 heavy (non-hydrogen) atoms. The number of amides is 5. The largest absolute Gasteiger partial charge is 0.494 e. The third kappa shape index (κ3) is 4.31. The van der Waals surface area contributed by atoms with Gasteiger partial charge in [0.2, 0.25) is 17.7 Å². The lowest BCUT2D eigenvalue weighted by molar-refractivity contribution is -0.152. The number of ether oxygens (including phenoxy) is 1. The molecule has 0 bridgehead atoms. The van der Waals surface area contributed by atoms with Gasteiger partial charge in [-0.3, -0.25) is 34.2 Å². The Balaban J connectivity index is 1.07.